The van der Waals surface area contributed by atoms with E-state index < -0.39 is 17.2 Å². The Morgan fingerprint density at radius 2 is 2.19 bits per heavy atom. The number of nitrogens with zero attached hydrogens (tertiary/aromatic N) is 2. The highest BCUT2D eigenvalue weighted by Crippen LogP contribution is 2.45. The van der Waals surface area contributed by atoms with Gasteiger partial charge < -0.3 is 10.6 Å². The summed E-state index contributed by atoms with van der Waals surface area (Å²) >= 11 is 0. The van der Waals surface area contributed by atoms with Crippen molar-refractivity contribution in [2.45, 2.75) is 64.7 Å². The molecule has 0 aromatic carbocycles. The van der Waals surface area contributed by atoms with Gasteiger partial charge in [0, 0.05) is 22.9 Å². The van der Waals surface area contributed by atoms with E-state index in [4.69, 9.17) is 5.73 Å². The monoisotopic (exact) mass is 386 g/mol. The Labute approximate surface area is 156 Å². The first-order valence-electron chi connectivity index (χ1n) is 9.41. The Morgan fingerprint density at radius 3 is 2.74 bits per heavy atom. The molecule has 27 heavy (non-hydrogen) atoms. The molecular formula is C19H27F3N3O2+. The van der Waals surface area contributed by atoms with Gasteiger partial charge in [0.1, 0.15) is 5.56 Å². The van der Waals surface area contributed by atoms with E-state index in [0.717, 1.165) is 25.3 Å². The lowest BCUT2D eigenvalue weighted by molar-refractivity contribution is -0.910. The van der Waals surface area contributed by atoms with Gasteiger partial charge in [-0.15, -0.1) is 0 Å². The van der Waals surface area contributed by atoms with Crippen molar-refractivity contribution in [1.82, 2.24) is 4.90 Å². The number of hydrogen-bond acceptors (Lipinski definition) is 3. The van der Waals surface area contributed by atoms with Crippen LogP contribution in [0.3, 0.4) is 0 Å². The van der Waals surface area contributed by atoms with Crippen LogP contribution >= 0.6 is 0 Å². The molecule has 1 aliphatic heterocycles. The molecule has 8 heteroatoms. The molecule has 150 valence electrons. The lowest BCUT2D eigenvalue weighted by Crippen LogP contribution is -2.49. The summed E-state index contributed by atoms with van der Waals surface area (Å²) in [7, 11) is 0. The van der Waals surface area contributed by atoms with Crippen LogP contribution in [0.25, 0.3) is 0 Å². The van der Waals surface area contributed by atoms with Crippen LogP contribution < -0.4 is 10.5 Å². The van der Waals surface area contributed by atoms with Crippen LogP contribution in [-0.4, -0.2) is 28.6 Å². The topological polar surface area (TPSA) is 70.4 Å². The summed E-state index contributed by atoms with van der Waals surface area (Å²) in [4.78, 5) is 15.0. The first-order valence-corrected chi connectivity index (χ1v) is 9.41. The molecule has 5 nitrogen and oxygen atoms in total. The number of aromatic nitrogens is 1. The number of nitrogens with two attached hydrogens (primary N) is 1. The van der Waals surface area contributed by atoms with Gasteiger partial charge in [-0.25, -0.2) is 0 Å². The maximum absolute atomic E-state index is 13.4. The zero-order valence-electron chi connectivity index (χ0n) is 15.7. The summed E-state index contributed by atoms with van der Waals surface area (Å²) in [6.45, 7) is 4.59. The second-order valence-electron chi connectivity index (χ2n) is 8.40. The summed E-state index contributed by atoms with van der Waals surface area (Å²) < 4.78 is 39.8. The molecule has 1 aromatic rings. The molecule has 1 saturated carbocycles. The van der Waals surface area contributed by atoms with E-state index >= 15 is 0 Å². The number of halogens is 3. The van der Waals surface area contributed by atoms with Crippen molar-refractivity contribution in [1.29, 1.82) is 0 Å². The third kappa shape index (κ3) is 3.90. The fraction of sp³-hybridized carbons (Fsp3) is 0.684. The molecule has 3 N–H and O–H groups in total. The van der Waals surface area contributed by atoms with Gasteiger partial charge in [-0.05, 0) is 37.7 Å². The van der Waals surface area contributed by atoms with Crippen molar-refractivity contribution < 1.29 is 27.9 Å². The summed E-state index contributed by atoms with van der Waals surface area (Å²) in [5.74, 6) is 0.310. The smallest absolute Gasteiger partial charge is 0.337 e. The molecular weight excluding hydrogens is 359 g/mol. The second-order valence-corrected chi connectivity index (χ2v) is 8.40. The first kappa shape index (κ1) is 19.9. The average Bonchev–Trinajstić information content (AvgIpc) is 2.93. The third-order valence-electron chi connectivity index (χ3n) is 5.73. The Bertz CT molecular complexity index is 736. The third-order valence-corrected chi connectivity index (χ3v) is 5.73. The number of carbonyl (C=O) groups is 1. The molecule has 0 bridgehead atoms. The van der Waals surface area contributed by atoms with E-state index in [-0.39, 0.29) is 18.5 Å². The predicted octanol–water partition coefficient (Wildman–Crippen LogP) is 2.66. The molecule has 2 heterocycles. The Balaban J connectivity index is 1.88. The van der Waals surface area contributed by atoms with Crippen molar-refractivity contribution in [2.24, 2.45) is 17.1 Å². The van der Waals surface area contributed by atoms with Gasteiger partial charge in [-0.1, -0.05) is 13.8 Å². The van der Waals surface area contributed by atoms with E-state index in [1.165, 1.54) is 0 Å². The number of carbonyl (C=O) groups excluding carboxylic acids is 1. The van der Waals surface area contributed by atoms with Gasteiger partial charge in [0.15, 0.2) is 0 Å². The van der Waals surface area contributed by atoms with Gasteiger partial charge in [0.05, 0.1) is 18.4 Å². The van der Waals surface area contributed by atoms with E-state index in [1.54, 1.807) is 4.90 Å². The Hall–Kier alpha value is -1.83. The summed E-state index contributed by atoms with van der Waals surface area (Å²) in [5, 5.41) is 9.94. The SMILES string of the molecule is CC(C)C[C@]1(C(=O)N2CCc3c(cc(C(F)(F)F)c[n+]3O)C2)CC[C@@H](N)C1. The van der Waals surface area contributed by atoms with Crippen LogP contribution in [0.4, 0.5) is 13.2 Å². The average molecular weight is 386 g/mol. The predicted molar refractivity (Wildman–Crippen MR) is 91.7 cm³/mol. The quantitative estimate of drug-likeness (QED) is 0.620. The minimum Gasteiger partial charge on any atom is -0.337 e. The molecule has 2 atom stereocenters. The van der Waals surface area contributed by atoms with E-state index in [1.807, 2.05) is 0 Å². The zero-order chi connectivity index (χ0) is 20.0. The Kier molecular flexibility index (Phi) is 5.14. The second kappa shape index (κ2) is 6.96. The van der Waals surface area contributed by atoms with Crippen molar-refractivity contribution in [3.8, 4) is 0 Å². The molecule has 0 radical (unpaired) electrons. The van der Waals surface area contributed by atoms with Crippen molar-refractivity contribution in [2.75, 3.05) is 6.54 Å². The van der Waals surface area contributed by atoms with E-state index in [9.17, 15) is 23.2 Å². The van der Waals surface area contributed by atoms with E-state index in [2.05, 4.69) is 13.8 Å². The number of fused-ring (bicyclic) bond motifs is 1. The van der Waals surface area contributed by atoms with Crippen LogP contribution in [0.2, 0.25) is 0 Å². The standard InChI is InChI=1S/C19H27F3N3O2/c1-12(2)8-18(5-3-15(23)9-18)17(26)24-6-4-16-13(10-24)7-14(11-25(16)27)19(20,21)22/h7,11-12,15,27H,3-6,8-10,23H2,1-2H3/q+1/t15-,18-/m1/s1. The largest absolute Gasteiger partial charge is 0.422 e. The molecule has 1 aromatic heterocycles. The number of amides is 1. The summed E-state index contributed by atoms with van der Waals surface area (Å²) in [5.41, 5.74) is 5.41. The van der Waals surface area contributed by atoms with Crippen molar-refractivity contribution >= 4 is 5.91 Å². The number of rotatable bonds is 3. The molecule has 0 saturated heterocycles. The number of hydrogen-bond donors (Lipinski definition) is 2. The normalized spacial score (nSPS) is 25.7. The minimum absolute atomic E-state index is 0.0128. The van der Waals surface area contributed by atoms with Gasteiger partial charge in [-0.2, -0.15) is 13.2 Å². The highest BCUT2D eigenvalue weighted by molar-refractivity contribution is 5.83. The lowest BCUT2D eigenvalue weighted by Gasteiger charge is -2.37. The molecule has 1 aliphatic carbocycles. The Morgan fingerprint density at radius 1 is 1.48 bits per heavy atom. The summed E-state index contributed by atoms with van der Waals surface area (Å²) in [6, 6.07) is 1.03. The van der Waals surface area contributed by atoms with Crippen LogP contribution in [0.15, 0.2) is 12.3 Å². The van der Waals surface area contributed by atoms with Gasteiger partial charge in [-0.3, -0.25) is 10.0 Å². The fourth-order valence-corrected chi connectivity index (χ4v) is 4.68. The molecule has 1 amide bonds. The fourth-order valence-electron chi connectivity index (χ4n) is 4.68. The maximum Gasteiger partial charge on any atom is 0.422 e. The zero-order valence-corrected chi connectivity index (χ0v) is 15.7. The molecule has 3 rings (SSSR count). The number of pyridine rings is 1. The van der Waals surface area contributed by atoms with Crippen LogP contribution in [0.5, 0.6) is 0 Å². The highest BCUT2D eigenvalue weighted by atomic mass is 19.4. The van der Waals surface area contributed by atoms with Crippen molar-refractivity contribution in [3.63, 3.8) is 0 Å². The molecule has 2 aliphatic rings. The van der Waals surface area contributed by atoms with Gasteiger partial charge in [0.25, 0.3) is 0 Å². The van der Waals surface area contributed by atoms with E-state index in [0.29, 0.717) is 47.5 Å². The number of alkyl halides is 3. The molecule has 1 fully saturated rings. The molecule has 0 unspecified atom stereocenters. The van der Waals surface area contributed by atoms with Crippen LogP contribution in [0, 0.1) is 11.3 Å². The lowest BCUT2D eigenvalue weighted by atomic mass is 9.76. The highest BCUT2D eigenvalue weighted by Gasteiger charge is 2.47. The molecule has 0 spiro atoms. The van der Waals surface area contributed by atoms with Crippen molar-refractivity contribution in [3.05, 3.63) is 29.1 Å². The summed E-state index contributed by atoms with van der Waals surface area (Å²) in [6.07, 6.45) is -0.689. The van der Waals surface area contributed by atoms with Crippen LogP contribution in [0.1, 0.15) is 56.4 Å². The van der Waals surface area contributed by atoms with Crippen LogP contribution in [-0.2, 0) is 23.9 Å². The van der Waals surface area contributed by atoms with Gasteiger partial charge in [0.2, 0.25) is 17.8 Å². The first-order chi connectivity index (χ1) is 12.5. The minimum atomic E-state index is -4.55. The maximum atomic E-state index is 13.4. The van der Waals surface area contributed by atoms with Gasteiger partial charge >= 0.3 is 6.18 Å².